The predicted octanol–water partition coefficient (Wildman–Crippen LogP) is 2.90. The molecule has 3 N–H and O–H groups in total. The van der Waals surface area contributed by atoms with Crippen LogP contribution in [0.15, 0.2) is 0 Å². The Bertz CT molecular complexity index is 373. The summed E-state index contributed by atoms with van der Waals surface area (Å²) in [6.45, 7) is 2.21. The van der Waals surface area contributed by atoms with Crippen LogP contribution in [-0.2, 0) is 4.79 Å². The highest BCUT2D eigenvalue weighted by Gasteiger charge is 2.28. The molecule has 120 valence electrons. The maximum Gasteiger partial charge on any atom is 0.315 e. The van der Waals surface area contributed by atoms with Crippen LogP contribution in [0, 0.1) is 11.8 Å². The van der Waals surface area contributed by atoms with E-state index in [4.69, 9.17) is 5.11 Å². The van der Waals surface area contributed by atoms with Crippen LogP contribution in [0.4, 0.5) is 4.79 Å². The van der Waals surface area contributed by atoms with E-state index in [0.717, 1.165) is 25.7 Å². The van der Waals surface area contributed by atoms with Gasteiger partial charge in [-0.3, -0.25) is 4.79 Å². The molecule has 4 atom stereocenters. The number of carboxylic acids is 1. The highest BCUT2D eigenvalue weighted by Crippen LogP contribution is 2.25. The van der Waals surface area contributed by atoms with Gasteiger partial charge in [-0.05, 0) is 38.0 Å². The van der Waals surface area contributed by atoms with Gasteiger partial charge < -0.3 is 15.7 Å². The van der Waals surface area contributed by atoms with E-state index in [1.54, 1.807) is 0 Å². The maximum absolute atomic E-state index is 12.1. The van der Waals surface area contributed by atoms with Crippen molar-refractivity contribution in [3.8, 4) is 0 Å². The first-order valence-electron chi connectivity index (χ1n) is 8.36. The van der Waals surface area contributed by atoms with Crippen molar-refractivity contribution in [3.05, 3.63) is 0 Å². The normalized spacial score (nSPS) is 33.8. The van der Waals surface area contributed by atoms with Crippen molar-refractivity contribution in [2.75, 3.05) is 0 Å². The van der Waals surface area contributed by atoms with Crippen LogP contribution in [0.3, 0.4) is 0 Å². The molecule has 2 rings (SSSR count). The number of hydrogen-bond acceptors (Lipinski definition) is 2. The minimum Gasteiger partial charge on any atom is -0.481 e. The summed E-state index contributed by atoms with van der Waals surface area (Å²) in [6, 6.07) is 0.136. The smallest absolute Gasteiger partial charge is 0.315 e. The molecule has 2 aliphatic rings. The summed E-state index contributed by atoms with van der Waals surface area (Å²) < 4.78 is 0. The summed E-state index contributed by atoms with van der Waals surface area (Å²) in [5, 5.41) is 15.2. The fourth-order valence-electron chi connectivity index (χ4n) is 3.65. The number of rotatable bonds is 3. The standard InChI is InChI=1S/C16H28N2O3/c1-11-6-3-2-4-9-14(11)18-16(21)17-13-8-5-7-12(10-13)15(19)20/h11-14H,2-10H2,1H3,(H,19,20)(H2,17,18,21). The molecule has 21 heavy (non-hydrogen) atoms. The first-order valence-corrected chi connectivity index (χ1v) is 8.36. The lowest BCUT2D eigenvalue weighted by molar-refractivity contribution is -0.143. The second-order valence-corrected chi connectivity index (χ2v) is 6.74. The zero-order valence-corrected chi connectivity index (χ0v) is 12.9. The summed E-state index contributed by atoms with van der Waals surface area (Å²) in [5.74, 6) is -0.517. The molecule has 0 saturated heterocycles. The average molecular weight is 296 g/mol. The third kappa shape index (κ3) is 4.90. The fourth-order valence-corrected chi connectivity index (χ4v) is 3.65. The predicted molar refractivity (Wildman–Crippen MR) is 81.1 cm³/mol. The van der Waals surface area contributed by atoms with Crippen LogP contribution in [0.2, 0.25) is 0 Å². The van der Waals surface area contributed by atoms with Crippen molar-refractivity contribution in [2.45, 2.75) is 76.8 Å². The van der Waals surface area contributed by atoms with E-state index in [1.165, 1.54) is 25.7 Å². The molecule has 0 aromatic rings. The van der Waals surface area contributed by atoms with Crippen LogP contribution >= 0.6 is 0 Å². The van der Waals surface area contributed by atoms with Crippen molar-refractivity contribution >= 4 is 12.0 Å². The summed E-state index contributed by atoms with van der Waals surface area (Å²) in [7, 11) is 0. The molecule has 0 bridgehead atoms. The molecule has 0 heterocycles. The zero-order valence-electron chi connectivity index (χ0n) is 12.9. The second-order valence-electron chi connectivity index (χ2n) is 6.74. The summed E-state index contributed by atoms with van der Waals surface area (Å²) in [5.41, 5.74) is 0. The van der Waals surface area contributed by atoms with Gasteiger partial charge in [0.2, 0.25) is 0 Å². The van der Waals surface area contributed by atoms with E-state index in [2.05, 4.69) is 17.6 Å². The van der Waals surface area contributed by atoms with Gasteiger partial charge >= 0.3 is 12.0 Å². The number of amides is 2. The molecule has 0 spiro atoms. The number of carboxylic acid groups (broad SMARTS) is 1. The Morgan fingerprint density at radius 2 is 1.71 bits per heavy atom. The van der Waals surface area contributed by atoms with E-state index < -0.39 is 5.97 Å². The molecule has 2 amide bonds. The van der Waals surface area contributed by atoms with Crippen molar-refractivity contribution < 1.29 is 14.7 Å². The number of urea groups is 1. The highest BCUT2D eigenvalue weighted by atomic mass is 16.4. The van der Waals surface area contributed by atoms with Crippen molar-refractivity contribution in [3.63, 3.8) is 0 Å². The first kappa shape index (κ1) is 16.1. The molecule has 5 nitrogen and oxygen atoms in total. The minimum atomic E-state index is -0.737. The van der Waals surface area contributed by atoms with Crippen LogP contribution in [0.25, 0.3) is 0 Å². The lowest BCUT2D eigenvalue weighted by atomic mass is 9.86. The third-order valence-electron chi connectivity index (χ3n) is 5.04. The van der Waals surface area contributed by atoms with Crippen molar-refractivity contribution in [1.29, 1.82) is 0 Å². The van der Waals surface area contributed by atoms with Gasteiger partial charge in [0.15, 0.2) is 0 Å². The number of carbonyl (C=O) groups is 2. The van der Waals surface area contributed by atoms with Crippen LogP contribution in [0.5, 0.6) is 0 Å². The highest BCUT2D eigenvalue weighted by molar-refractivity contribution is 5.75. The summed E-state index contributed by atoms with van der Waals surface area (Å²) >= 11 is 0. The van der Waals surface area contributed by atoms with Gasteiger partial charge in [0.05, 0.1) is 5.92 Å². The van der Waals surface area contributed by atoms with Gasteiger partial charge in [0.25, 0.3) is 0 Å². The molecule has 0 aromatic carbocycles. The molecule has 0 radical (unpaired) electrons. The van der Waals surface area contributed by atoms with Gasteiger partial charge in [-0.15, -0.1) is 0 Å². The zero-order chi connectivity index (χ0) is 15.2. The Morgan fingerprint density at radius 3 is 2.48 bits per heavy atom. The monoisotopic (exact) mass is 296 g/mol. The topological polar surface area (TPSA) is 78.4 Å². The molecule has 2 fully saturated rings. The molecule has 4 unspecified atom stereocenters. The average Bonchev–Trinajstić information content (AvgIpc) is 2.64. The first-order chi connectivity index (χ1) is 10.1. The minimum absolute atomic E-state index is 0.000865. The van der Waals surface area contributed by atoms with E-state index in [9.17, 15) is 9.59 Å². The largest absolute Gasteiger partial charge is 0.481 e. The van der Waals surface area contributed by atoms with E-state index in [0.29, 0.717) is 12.3 Å². The summed E-state index contributed by atoms with van der Waals surface area (Å²) in [6.07, 6.45) is 8.97. The number of aliphatic carboxylic acids is 1. The van der Waals surface area contributed by atoms with E-state index >= 15 is 0 Å². The Kier molecular flexibility index (Phi) is 5.88. The SMILES string of the molecule is CC1CCCCCC1NC(=O)NC1CCCC(C(=O)O)C1. The number of nitrogens with one attached hydrogen (secondary N) is 2. The quantitative estimate of drug-likeness (QED) is 0.701. The van der Waals surface area contributed by atoms with Crippen LogP contribution in [-0.4, -0.2) is 29.2 Å². The lowest BCUT2D eigenvalue weighted by Crippen LogP contribution is -2.49. The molecular formula is C16H28N2O3. The Balaban J connectivity index is 1.79. The van der Waals surface area contributed by atoms with Gasteiger partial charge in [0.1, 0.15) is 0 Å². The van der Waals surface area contributed by atoms with Gasteiger partial charge in [-0.2, -0.15) is 0 Å². The lowest BCUT2D eigenvalue weighted by Gasteiger charge is -2.29. The van der Waals surface area contributed by atoms with Gasteiger partial charge in [0, 0.05) is 12.1 Å². The molecular weight excluding hydrogens is 268 g/mol. The third-order valence-corrected chi connectivity index (χ3v) is 5.04. The number of hydrogen-bond donors (Lipinski definition) is 3. The Morgan fingerprint density at radius 1 is 0.952 bits per heavy atom. The Labute approximate surface area is 126 Å². The van der Waals surface area contributed by atoms with Crippen LogP contribution in [0.1, 0.15) is 64.7 Å². The van der Waals surface area contributed by atoms with E-state index in [1.807, 2.05) is 0 Å². The molecule has 2 saturated carbocycles. The Hall–Kier alpha value is -1.26. The molecule has 2 aliphatic carbocycles. The van der Waals surface area contributed by atoms with E-state index in [-0.39, 0.29) is 24.0 Å². The van der Waals surface area contributed by atoms with Crippen LogP contribution < -0.4 is 10.6 Å². The molecule has 0 aliphatic heterocycles. The molecule has 0 aromatic heterocycles. The fraction of sp³-hybridized carbons (Fsp3) is 0.875. The van der Waals surface area contributed by atoms with Gasteiger partial charge in [-0.1, -0.05) is 32.6 Å². The van der Waals surface area contributed by atoms with Crippen molar-refractivity contribution in [1.82, 2.24) is 10.6 Å². The van der Waals surface area contributed by atoms with Gasteiger partial charge in [-0.25, -0.2) is 4.79 Å². The van der Waals surface area contributed by atoms with Crippen molar-refractivity contribution in [2.24, 2.45) is 11.8 Å². The molecule has 5 heteroatoms. The maximum atomic E-state index is 12.1. The summed E-state index contributed by atoms with van der Waals surface area (Å²) in [4.78, 5) is 23.2. The number of carbonyl (C=O) groups excluding carboxylic acids is 1. The second kappa shape index (κ2) is 7.66.